The van der Waals surface area contributed by atoms with Crippen molar-refractivity contribution in [2.24, 2.45) is 0 Å². The first kappa shape index (κ1) is 14.5. The van der Waals surface area contributed by atoms with E-state index in [0.717, 1.165) is 19.5 Å². The zero-order chi connectivity index (χ0) is 12.6. The van der Waals surface area contributed by atoms with E-state index >= 15 is 0 Å². The third-order valence-electron chi connectivity index (χ3n) is 4.06. The average Bonchev–Trinajstić information content (AvgIpc) is 2.63. The number of unbranched alkanes of at least 4 members (excludes halogenated alkanes) is 3. The Morgan fingerprint density at radius 3 is 2.24 bits per heavy atom. The molecule has 1 unspecified atom stereocenters. The topological polar surface area (TPSA) is 27.0 Å². The van der Waals surface area contributed by atoms with E-state index in [4.69, 9.17) is 0 Å². The molecule has 1 atom stereocenters. The van der Waals surface area contributed by atoms with Gasteiger partial charge in [0, 0.05) is 0 Å². The summed E-state index contributed by atoms with van der Waals surface area (Å²) in [6, 6.07) is 2.58. The van der Waals surface area contributed by atoms with Crippen LogP contribution in [-0.4, -0.2) is 23.5 Å². The second-order valence-electron chi connectivity index (χ2n) is 5.60. The summed E-state index contributed by atoms with van der Waals surface area (Å²) in [4.78, 5) is 2.44. The summed E-state index contributed by atoms with van der Waals surface area (Å²) < 4.78 is 0. The third-order valence-corrected chi connectivity index (χ3v) is 4.06. The van der Waals surface area contributed by atoms with Crippen molar-refractivity contribution in [3.8, 4) is 6.07 Å². The highest BCUT2D eigenvalue weighted by Crippen LogP contribution is 2.25. The predicted octanol–water partition coefficient (Wildman–Crippen LogP) is 4.12. The lowest BCUT2D eigenvalue weighted by molar-refractivity contribution is 0.145. The van der Waals surface area contributed by atoms with Crippen LogP contribution >= 0.6 is 0 Å². The van der Waals surface area contributed by atoms with E-state index in [1.807, 2.05) is 0 Å². The molecule has 0 bridgehead atoms. The van der Waals surface area contributed by atoms with Crippen LogP contribution in [0.5, 0.6) is 0 Å². The smallest absolute Gasteiger partial charge is 0.106 e. The van der Waals surface area contributed by atoms with Crippen LogP contribution < -0.4 is 0 Å². The van der Waals surface area contributed by atoms with Crippen LogP contribution in [0.25, 0.3) is 0 Å². The maximum Gasteiger partial charge on any atom is 0.106 e. The molecule has 0 spiro atoms. The van der Waals surface area contributed by atoms with E-state index in [1.54, 1.807) is 0 Å². The minimum absolute atomic E-state index is 0.210. The second-order valence-corrected chi connectivity index (χ2v) is 5.60. The molecule has 1 rings (SSSR count). The molecule has 17 heavy (non-hydrogen) atoms. The quantitative estimate of drug-likeness (QED) is 0.649. The zero-order valence-electron chi connectivity index (χ0n) is 11.7. The molecule has 0 aromatic carbocycles. The Labute approximate surface area is 107 Å². The van der Waals surface area contributed by atoms with Crippen LogP contribution in [0.3, 0.4) is 0 Å². The van der Waals surface area contributed by atoms with E-state index in [2.05, 4.69) is 24.8 Å². The molecule has 1 fully saturated rings. The summed E-state index contributed by atoms with van der Waals surface area (Å²) in [6.07, 6.45) is 11.3. The number of hydrogen-bond donors (Lipinski definition) is 0. The lowest BCUT2D eigenvalue weighted by atomic mass is 9.93. The number of nitrogens with zero attached hydrogens (tertiary/aromatic N) is 2. The Morgan fingerprint density at radius 2 is 1.71 bits per heavy atom. The Balaban J connectivity index is 2.44. The number of rotatable bonds is 6. The summed E-state index contributed by atoms with van der Waals surface area (Å²) in [5, 5.41) is 9.49. The summed E-state index contributed by atoms with van der Waals surface area (Å²) >= 11 is 0. The van der Waals surface area contributed by atoms with E-state index < -0.39 is 0 Å². The highest BCUT2D eigenvalue weighted by Gasteiger charge is 2.31. The second kappa shape index (κ2) is 7.71. The summed E-state index contributed by atoms with van der Waals surface area (Å²) in [7, 11) is 0. The summed E-state index contributed by atoms with van der Waals surface area (Å²) in [6.45, 7) is 6.62. The number of nitriles is 1. The van der Waals surface area contributed by atoms with Crippen molar-refractivity contribution in [1.29, 1.82) is 5.26 Å². The monoisotopic (exact) mass is 236 g/mol. The van der Waals surface area contributed by atoms with Gasteiger partial charge in [-0.2, -0.15) is 5.26 Å². The molecule has 1 heterocycles. The van der Waals surface area contributed by atoms with Crippen molar-refractivity contribution in [2.75, 3.05) is 13.1 Å². The highest BCUT2D eigenvalue weighted by atomic mass is 15.2. The van der Waals surface area contributed by atoms with Crippen LogP contribution in [0, 0.1) is 11.3 Å². The van der Waals surface area contributed by atoms with Gasteiger partial charge in [0.25, 0.3) is 0 Å². The Bertz CT molecular complexity index is 236. The fraction of sp³-hybridized carbons (Fsp3) is 0.933. The van der Waals surface area contributed by atoms with Gasteiger partial charge < -0.3 is 0 Å². The van der Waals surface area contributed by atoms with Crippen molar-refractivity contribution in [2.45, 2.75) is 77.2 Å². The van der Waals surface area contributed by atoms with Crippen LogP contribution in [0.1, 0.15) is 71.6 Å². The van der Waals surface area contributed by atoms with Gasteiger partial charge in [-0.05, 0) is 39.3 Å². The summed E-state index contributed by atoms with van der Waals surface area (Å²) in [5.74, 6) is 0. The molecule has 0 N–H and O–H groups in total. The zero-order valence-corrected chi connectivity index (χ0v) is 11.7. The molecule has 98 valence electrons. The van der Waals surface area contributed by atoms with E-state index in [0.29, 0.717) is 0 Å². The molecule has 0 saturated carbocycles. The molecule has 1 aliphatic heterocycles. The molecular formula is C15H28N2. The molecule has 0 aromatic heterocycles. The van der Waals surface area contributed by atoms with Gasteiger partial charge in [0.15, 0.2) is 0 Å². The van der Waals surface area contributed by atoms with Gasteiger partial charge in [0.05, 0.1) is 6.07 Å². The fourth-order valence-corrected chi connectivity index (χ4v) is 2.74. The third kappa shape index (κ3) is 4.68. The SMILES string of the molecule is CCCCCCC(C)(C#N)N1CCCCCC1. The lowest BCUT2D eigenvalue weighted by Gasteiger charge is -2.35. The Kier molecular flexibility index (Phi) is 6.58. The molecule has 0 radical (unpaired) electrons. The molecule has 0 aromatic rings. The van der Waals surface area contributed by atoms with E-state index in [-0.39, 0.29) is 5.54 Å². The number of likely N-dealkylation sites (tertiary alicyclic amines) is 1. The van der Waals surface area contributed by atoms with Gasteiger partial charge in [-0.3, -0.25) is 4.90 Å². The Morgan fingerprint density at radius 1 is 1.06 bits per heavy atom. The maximum atomic E-state index is 9.49. The molecule has 1 aliphatic rings. The van der Waals surface area contributed by atoms with Gasteiger partial charge in [0.2, 0.25) is 0 Å². The molecule has 2 nitrogen and oxygen atoms in total. The predicted molar refractivity (Wildman–Crippen MR) is 72.8 cm³/mol. The van der Waals surface area contributed by atoms with Crippen molar-refractivity contribution in [3.63, 3.8) is 0 Å². The lowest BCUT2D eigenvalue weighted by Crippen LogP contribution is -2.45. The standard InChI is InChI=1S/C15H28N2/c1-3-4-5-8-11-15(2,14-16)17-12-9-6-7-10-13-17/h3-13H2,1-2H3. The normalized spacial score (nSPS) is 21.5. The number of hydrogen-bond acceptors (Lipinski definition) is 2. The minimum atomic E-state index is -0.210. The molecule has 2 heteroatoms. The van der Waals surface area contributed by atoms with Crippen molar-refractivity contribution < 1.29 is 0 Å². The van der Waals surface area contributed by atoms with E-state index in [1.165, 1.54) is 51.4 Å². The molecule has 1 saturated heterocycles. The summed E-state index contributed by atoms with van der Waals surface area (Å²) in [5.41, 5.74) is -0.210. The first-order valence-corrected chi connectivity index (χ1v) is 7.39. The van der Waals surface area contributed by atoms with Crippen LogP contribution in [0.15, 0.2) is 0 Å². The average molecular weight is 236 g/mol. The highest BCUT2D eigenvalue weighted by molar-refractivity contribution is 5.05. The fourth-order valence-electron chi connectivity index (χ4n) is 2.74. The van der Waals surface area contributed by atoms with Gasteiger partial charge in [-0.15, -0.1) is 0 Å². The first-order chi connectivity index (χ1) is 8.23. The maximum absolute atomic E-state index is 9.49. The van der Waals surface area contributed by atoms with Crippen molar-refractivity contribution in [1.82, 2.24) is 4.90 Å². The van der Waals surface area contributed by atoms with Crippen LogP contribution in [0.4, 0.5) is 0 Å². The largest absolute Gasteiger partial charge is 0.286 e. The van der Waals surface area contributed by atoms with E-state index in [9.17, 15) is 5.26 Å². The molecule has 0 amide bonds. The molecular weight excluding hydrogens is 208 g/mol. The minimum Gasteiger partial charge on any atom is -0.286 e. The van der Waals surface area contributed by atoms with Crippen molar-refractivity contribution >= 4 is 0 Å². The van der Waals surface area contributed by atoms with Crippen LogP contribution in [0.2, 0.25) is 0 Å². The van der Waals surface area contributed by atoms with Gasteiger partial charge in [-0.25, -0.2) is 0 Å². The van der Waals surface area contributed by atoms with Gasteiger partial charge in [-0.1, -0.05) is 45.4 Å². The van der Waals surface area contributed by atoms with Gasteiger partial charge >= 0.3 is 0 Å². The van der Waals surface area contributed by atoms with Crippen molar-refractivity contribution in [3.05, 3.63) is 0 Å². The van der Waals surface area contributed by atoms with Gasteiger partial charge in [0.1, 0.15) is 5.54 Å². The Hall–Kier alpha value is -0.550. The molecule has 0 aliphatic carbocycles. The first-order valence-electron chi connectivity index (χ1n) is 7.39. The van der Waals surface area contributed by atoms with Crippen LogP contribution in [-0.2, 0) is 0 Å².